The van der Waals surface area contributed by atoms with Crippen LogP contribution >= 0.6 is 0 Å². The van der Waals surface area contributed by atoms with E-state index in [0.717, 1.165) is 0 Å². The molecule has 0 aliphatic rings. The van der Waals surface area contributed by atoms with Crippen molar-refractivity contribution in [1.29, 1.82) is 0 Å². The minimum atomic E-state index is -3.74. The van der Waals surface area contributed by atoms with Crippen molar-refractivity contribution in [2.45, 2.75) is 25.4 Å². The van der Waals surface area contributed by atoms with Gasteiger partial charge in [0.05, 0.1) is 6.33 Å². The van der Waals surface area contributed by atoms with Gasteiger partial charge in [0.2, 0.25) is 5.95 Å². The summed E-state index contributed by atoms with van der Waals surface area (Å²) >= 11 is 0. The SMILES string of the molecule is CC(C)Cn1cnc(S(=O)(=O)Nc2ncccn2)c1. The quantitative estimate of drug-likeness (QED) is 0.887. The number of aromatic nitrogens is 4. The number of hydrogen-bond donors (Lipinski definition) is 1. The van der Waals surface area contributed by atoms with Crippen LogP contribution < -0.4 is 4.72 Å². The van der Waals surface area contributed by atoms with E-state index in [2.05, 4.69) is 19.7 Å². The Kier molecular flexibility index (Phi) is 3.79. The molecule has 2 aromatic heterocycles. The van der Waals surface area contributed by atoms with Gasteiger partial charge in [-0.05, 0) is 12.0 Å². The Morgan fingerprint density at radius 1 is 1.26 bits per heavy atom. The topological polar surface area (TPSA) is 89.8 Å². The molecular weight excluding hydrogens is 266 g/mol. The molecule has 0 atom stereocenters. The molecule has 0 radical (unpaired) electrons. The summed E-state index contributed by atoms with van der Waals surface area (Å²) in [4.78, 5) is 11.5. The van der Waals surface area contributed by atoms with Gasteiger partial charge in [0.1, 0.15) is 0 Å². The number of imidazole rings is 1. The molecule has 0 saturated heterocycles. The Balaban J connectivity index is 2.18. The molecule has 102 valence electrons. The Labute approximate surface area is 111 Å². The van der Waals surface area contributed by atoms with E-state index < -0.39 is 10.0 Å². The first kappa shape index (κ1) is 13.5. The molecule has 2 heterocycles. The molecule has 0 aliphatic heterocycles. The number of rotatable bonds is 5. The lowest BCUT2D eigenvalue weighted by atomic mass is 10.2. The van der Waals surface area contributed by atoms with Crippen molar-refractivity contribution in [3.8, 4) is 0 Å². The molecular formula is C11H15N5O2S. The number of anilines is 1. The van der Waals surface area contributed by atoms with Crippen LogP contribution in [0.15, 0.2) is 36.0 Å². The van der Waals surface area contributed by atoms with Crippen molar-refractivity contribution in [3.63, 3.8) is 0 Å². The van der Waals surface area contributed by atoms with Crippen molar-refractivity contribution in [2.24, 2.45) is 5.92 Å². The van der Waals surface area contributed by atoms with Gasteiger partial charge in [0.25, 0.3) is 10.0 Å². The predicted molar refractivity (Wildman–Crippen MR) is 69.9 cm³/mol. The van der Waals surface area contributed by atoms with Gasteiger partial charge in [-0.2, -0.15) is 8.42 Å². The van der Waals surface area contributed by atoms with Crippen molar-refractivity contribution in [1.82, 2.24) is 19.5 Å². The standard InChI is InChI=1S/C11H15N5O2S/c1-9(2)6-16-7-10(14-8-16)19(17,18)15-11-12-4-3-5-13-11/h3-5,7-9H,6H2,1-2H3,(H,12,13,15). The van der Waals surface area contributed by atoms with Gasteiger partial charge >= 0.3 is 0 Å². The average Bonchev–Trinajstić information content (AvgIpc) is 2.78. The van der Waals surface area contributed by atoms with Gasteiger partial charge in [0.15, 0.2) is 5.03 Å². The molecule has 0 saturated carbocycles. The third-order valence-electron chi connectivity index (χ3n) is 2.25. The van der Waals surface area contributed by atoms with Crippen LogP contribution in [0.4, 0.5) is 5.95 Å². The van der Waals surface area contributed by atoms with E-state index in [-0.39, 0.29) is 11.0 Å². The normalized spacial score (nSPS) is 11.7. The second-order valence-corrected chi connectivity index (χ2v) is 6.11. The Bertz CT molecular complexity index is 636. The summed E-state index contributed by atoms with van der Waals surface area (Å²) in [6.45, 7) is 4.80. The summed E-state index contributed by atoms with van der Waals surface area (Å²) in [7, 11) is -3.74. The molecule has 7 nitrogen and oxygen atoms in total. The van der Waals surface area contributed by atoms with Gasteiger partial charge in [-0.3, -0.25) is 0 Å². The summed E-state index contributed by atoms with van der Waals surface area (Å²) in [5.41, 5.74) is 0. The fourth-order valence-corrected chi connectivity index (χ4v) is 2.43. The molecule has 0 unspecified atom stereocenters. The van der Waals surface area contributed by atoms with Crippen LogP contribution in [0.3, 0.4) is 0 Å². The number of nitrogens with zero attached hydrogens (tertiary/aromatic N) is 4. The molecule has 0 amide bonds. The number of sulfonamides is 1. The lowest BCUT2D eigenvalue weighted by molar-refractivity contribution is 0.522. The molecule has 1 N–H and O–H groups in total. The van der Waals surface area contributed by atoms with Crippen LogP contribution in [0.2, 0.25) is 0 Å². The Morgan fingerprint density at radius 3 is 2.58 bits per heavy atom. The van der Waals surface area contributed by atoms with Crippen LogP contribution in [0.25, 0.3) is 0 Å². The molecule has 0 fully saturated rings. The van der Waals surface area contributed by atoms with Crippen molar-refractivity contribution >= 4 is 16.0 Å². The number of nitrogens with one attached hydrogen (secondary N) is 1. The minimum absolute atomic E-state index is 0.0286. The average molecular weight is 281 g/mol. The molecule has 0 aromatic carbocycles. The van der Waals surface area contributed by atoms with Crippen molar-refractivity contribution in [3.05, 3.63) is 31.0 Å². The molecule has 0 bridgehead atoms. The maximum atomic E-state index is 12.0. The van der Waals surface area contributed by atoms with E-state index in [1.165, 1.54) is 24.9 Å². The highest BCUT2D eigenvalue weighted by Gasteiger charge is 2.18. The largest absolute Gasteiger partial charge is 0.336 e. The van der Waals surface area contributed by atoms with E-state index >= 15 is 0 Å². The second-order valence-electron chi connectivity index (χ2n) is 4.48. The number of hydrogen-bond acceptors (Lipinski definition) is 5. The summed E-state index contributed by atoms with van der Waals surface area (Å²) in [5, 5.41) is -0.0411. The van der Waals surface area contributed by atoms with Crippen LogP contribution in [-0.4, -0.2) is 27.9 Å². The van der Waals surface area contributed by atoms with Crippen LogP contribution in [0.5, 0.6) is 0 Å². The van der Waals surface area contributed by atoms with Gasteiger partial charge in [-0.1, -0.05) is 13.8 Å². The zero-order valence-corrected chi connectivity index (χ0v) is 11.5. The predicted octanol–water partition coefficient (Wildman–Crippen LogP) is 1.13. The summed E-state index contributed by atoms with van der Waals surface area (Å²) < 4.78 is 28.1. The maximum Gasteiger partial charge on any atom is 0.283 e. The first-order valence-corrected chi connectivity index (χ1v) is 7.27. The first-order chi connectivity index (χ1) is 8.97. The third kappa shape index (κ3) is 3.50. The van der Waals surface area contributed by atoms with Gasteiger partial charge in [-0.25, -0.2) is 19.7 Å². The van der Waals surface area contributed by atoms with E-state index in [0.29, 0.717) is 12.5 Å². The van der Waals surface area contributed by atoms with Gasteiger partial charge < -0.3 is 4.57 Å². The third-order valence-corrected chi connectivity index (χ3v) is 3.47. The fourth-order valence-electron chi connectivity index (χ4n) is 1.52. The van der Waals surface area contributed by atoms with E-state index in [1.54, 1.807) is 10.6 Å². The fraction of sp³-hybridized carbons (Fsp3) is 0.364. The highest BCUT2D eigenvalue weighted by atomic mass is 32.2. The van der Waals surface area contributed by atoms with Crippen molar-refractivity contribution in [2.75, 3.05) is 4.72 Å². The zero-order chi connectivity index (χ0) is 13.9. The molecule has 0 aliphatic carbocycles. The highest BCUT2D eigenvalue weighted by molar-refractivity contribution is 7.92. The highest BCUT2D eigenvalue weighted by Crippen LogP contribution is 2.11. The molecule has 2 rings (SSSR count). The molecule has 19 heavy (non-hydrogen) atoms. The Morgan fingerprint density at radius 2 is 1.95 bits per heavy atom. The van der Waals surface area contributed by atoms with Gasteiger partial charge in [0, 0.05) is 25.1 Å². The van der Waals surface area contributed by atoms with E-state index in [4.69, 9.17) is 0 Å². The second kappa shape index (κ2) is 5.35. The lowest BCUT2D eigenvalue weighted by Gasteiger charge is -2.04. The summed E-state index contributed by atoms with van der Waals surface area (Å²) in [6.07, 6.45) is 5.91. The lowest BCUT2D eigenvalue weighted by Crippen LogP contribution is -2.15. The van der Waals surface area contributed by atoms with Crippen molar-refractivity contribution < 1.29 is 8.42 Å². The molecule has 8 heteroatoms. The minimum Gasteiger partial charge on any atom is -0.336 e. The summed E-state index contributed by atoms with van der Waals surface area (Å²) in [5.74, 6) is 0.441. The Hall–Kier alpha value is -1.96. The first-order valence-electron chi connectivity index (χ1n) is 5.79. The molecule has 0 spiro atoms. The summed E-state index contributed by atoms with van der Waals surface area (Å²) in [6, 6.07) is 1.61. The van der Waals surface area contributed by atoms with Crippen LogP contribution in [0, 0.1) is 5.92 Å². The van der Waals surface area contributed by atoms with E-state index in [9.17, 15) is 8.42 Å². The smallest absolute Gasteiger partial charge is 0.283 e. The monoisotopic (exact) mass is 281 g/mol. The van der Waals surface area contributed by atoms with Gasteiger partial charge in [-0.15, -0.1) is 0 Å². The maximum absolute atomic E-state index is 12.0. The zero-order valence-electron chi connectivity index (χ0n) is 10.7. The van der Waals surface area contributed by atoms with Crippen LogP contribution in [-0.2, 0) is 16.6 Å². The van der Waals surface area contributed by atoms with E-state index in [1.807, 2.05) is 13.8 Å². The molecule has 2 aromatic rings. The van der Waals surface area contributed by atoms with Crippen LogP contribution in [0.1, 0.15) is 13.8 Å².